The molecule has 0 unspecified atom stereocenters. The molecule has 1 aromatic carbocycles. The van der Waals surface area contributed by atoms with Gasteiger partial charge in [-0.2, -0.15) is 0 Å². The lowest BCUT2D eigenvalue weighted by atomic mass is 10.2. The van der Waals surface area contributed by atoms with Gasteiger partial charge in [-0.3, -0.25) is 24.9 Å². The van der Waals surface area contributed by atoms with E-state index >= 15 is 0 Å². The summed E-state index contributed by atoms with van der Waals surface area (Å²) in [5.41, 5.74) is 0.757. The minimum atomic E-state index is -0.271. The molecule has 0 aliphatic carbocycles. The smallest absolute Gasteiger partial charge is 0.245 e. The van der Waals surface area contributed by atoms with Gasteiger partial charge in [0.25, 0.3) is 0 Å². The topological polar surface area (TPSA) is 118 Å². The maximum Gasteiger partial charge on any atom is 0.245 e. The predicted octanol–water partition coefficient (Wildman–Crippen LogP) is 0.507. The Morgan fingerprint density at radius 1 is 1.25 bits per heavy atom. The molecular weight excluding hydrogens is 368 g/mol. The number of benzene rings is 1. The molecule has 0 saturated carbocycles. The highest BCUT2D eigenvalue weighted by atomic mass is 17.1. The molecule has 0 radical (unpaired) electrons. The zero-order valence-electron chi connectivity index (χ0n) is 16.0. The number of phenolic OH excluding ortho intramolecular Hbond substituents is 1. The molecule has 2 rings (SSSR count). The third-order valence-corrected chi connectivity index (χ3v) is 4.40. The van der Waals surface area contributed by atoms with E-state index in [-0.39, 0.29) is 23.7 Å². The molecule has 1 heterocycles. The quantitative estimate of drug-likeness (QED) is 0.255. The van der Waals surface area contributed by atoms with Crippen LogP contribution in [0.15, 0.2) is 24.3 Å². The average molecular weight is 396 g/mol. The molecule has 0 aromatic heterocycles. The fraction of sp³-hybridized carbons (Fsp3) is 0.500. The van der Waals surface area contributed by atoms with Crippen LogP contribution >= 0.6 is 0 Å². The summed E-state index contributed by atoms with van der Waals surface area (Å²) in [5.74, 6) is 0.223. The average Bonchev–Trinajstić information content (AvgIpc) is 2.69. The number of phenols is 1. The lowest BCUT2D eigenvalue weighted by Crippen LogP contribution is -2.50. The summed E-state index contributed by atoms with van der Waals surface area (Å²) >= 11 is 0. The van der Waals surface area contributed by atoms with E-state index in [1.165, 1.54) is 19.3 Å². The van der Waals surface area contributed by atoms with Gasteiger partial charge in [-0.05, 0) is 30.2 Å². The normalized spacial score (nSPS) is 16.0. The van der Waals surface area contributed by atoms with Gasteiger partial charge in [-0.15, -0.1) is 0 Å². The van der Waals surface area contributed by atoms with Gasteiger partial charge in [0, 0.05) is 38.8 Å². The molecule has 4 N–H and O–H groups in total. The lowest BCUT2D eigenvalue weighted by Gasteiger charge is -2.34. The van der Waals surface area contributed by atoms with Gasteiger partial charge >= 0.3 is 0 Å². The molecule has 1 aliphatic rings. The van der Waals surface area contributed by atoms with Gasteiger partial charge < -0.3 is 20.1 Å². The van der Waals surface area contributed by atoms with E-state index in [4.69, 9.17) is 15.2 Å². The second-order valence-electron chi connectivity index (χ2n) is 6.36. The summed E-state index contributed by atoms with van der Waals surface area (Å²) in [5, 5.41) is 29.1. The van der Waals surface area contributed by atoms with Crippen molar-refractivity contribution < 1.29 is 29.9 Å². The maximum absolute atomic E-state index is 12.0. The molecule has 1 fully saturated rings. The van der Waals surface area contributed by atoms with E-state index in [0.29, 0.717) is 18.8 Å². The minimum Gasteiger partial charge on any atom is -0.504 e. The van der Waals surface area contributed by atoms with Crippen molar-refractivity contribution in [1.29, 1.82) is 0 Å². The summed E-state index contributed by atoms with van der Waals surface area (Å²) in [6.45, 7) is 4.96. The Kier molecular flexibility index (Phi) is 9.14. The monoisotopic (exact) mass is 396 g/mol. The third-order valence-electron chi connectivity index (χ3n) is 4.40. The van der Waals surface area contributed by atoms with E-state index in [9.17, 15) is 9.90 Å². The van der Waals surface area contributed by atoms with Crippen molar-refractivity contribution in [3.05, 3.63) is 29.8 Å². The number of methoxy groups -OCH3 is 1. The summed E-state index contributed by atoms with van der Waals surface area (Å²) in [7, 11) is 1.47. The first-order valence-corrected chi connectivity index (χ1v) is 9.06. The molecule has 0 atom stereocenters. The van der Waals surface area contributed by atoms with Crippen LogP contribution in [0.5, 0.6) is 11.5 Å². The number of carbonyl (C=O) groups excluding carboxylic acids is 1. The summed E-state index contributed by atoms with van der Waals surface area (Å²) in [4.78, 5) is 20.9. The number of hydrogen-bond acceptors (Lipinski definition) is 9. The van der Waals surface area contributed by atoms with Crippen molar-refractivity contribution >= 4 is 12.0 Å². The predicted molar refractivity (Wildman–Crippen MR) is 101 cm³/mol. The third kappa shape index (κ3) is 7.80. The fourth-order valence-electron chi connectivity index (χ4n) is 2.82. The number of nitrogens with one attached hydrogen (secondary N) is 1. The van der Waals surface area contributed by atoms with Crippen LogP contribution in [0.4, 0.5) is 0 Å². The summed E-state index contributed by atoms with van der Waals surface area (Å²) in [6.07, 6.45) is 3.81. The summed E-state index contributed by atoms with van der Waals surface area (Å²) < 4.78 is 5.04. The SMILES string of the molecule is COc1cc(/C=C/C(=O)NCN2CCN(CCCON(O)O)CC2)ccc1O. The highest BCUT2D eigenvalue weighted by Gasteiger charge is 2.16. The van der Waals surface area contributed by atoms with Crippen LogP contribution in [0.25, 0.3) is 6.08 Å². The highest BCUT2D eigenvalue weighted by Crippen LogP contribution is 2.26. The second kappa shape index (κ2) is 11.6. The maximum atomic E-state index is 12.0. The van der Waals surface area contributed by atoms with Gasteiger partial charge in [0.15, 0.2) is 11.5 Å². The Hall–Kier alpha value is -2.21. The van der Waals surface area contributed by atoms with E-state index in [1.54, 1.807) is 18.2 Å². The number of hydrogen-bond donors (Lipinski definition) is 4. The Morgan fingerprint density at radius 2 is 1.96 bits per heavy atom. The molecule has 28 heavy (non-hydrogen) atoms. The van der Waals surface area contributed by atoms with Crippen LogP contribution in [0, 0.1) is 0 Å². The first-order valence-electron chi connectivity index (χ1n) is 9.06. The van der Waals surface area contributed by atoms with Gasteiger partial charge in [0.2, 0.25) is 5.91 Å². The van der Waals surface area contributed by atoms with Gasteiger partial charge in [-0.1, -0.05) is 6.07 Å². The number of aromatic hydroxyl groups is 1. The molecule has 10 nitrogen and oxygen atoms in total. The first-order chi connectivity index (χ1) is 13.5. The van der Waals surface area contributed by atoms with E-state index < -0.39 is 0 Å². The molecule has 0 spiro atoms. The summed E-state index contributed by atoms with van der Waals surface area (Å²) in [6, 6.07) is 4.87. The lowest BCUT2D eigenvalue weighted by molar-refractivity contribution is -0.492. The van der Waals surface area contributed by atoms with Crippen molar-refractivity contribution in [3.63, 3.8) is 0 Å². The molecule has 1 saturated heterocycles. The Morgan fingerprint density at radius 3 is 2.64 bits per heavy atom. The molecule has 1 amide bonds. The number of rotatable bonds is 10. The zero-order valence-corrected chi connectivity index (χ0v) is 16.0. The number of carbonyl (C=O) groups is 1. The van der Waals surface area contributed by atoms with Crippen LogP contribution in [-0.2, 0) is 9.63 Å². The Labute approximate surface area is 164 Å². The number of piperazine rings is 1. The molecule has 1 aromatic rings. The first kappa shape index (κ1) is 22.1. The van der Waals surface area contributed by atoms with Crippen molar-refractivity contribution in [2.75, 3.05) is 53.1 Å². The molecule has 156 valence electrons. The van der Waals surface area contributed by atoms with Crippen molar-refractivity contribution in [1.82, 2.24) is 20.5 Å². The van der Waals surface area contributed by atoms with Crippen molar-refractivity contribution in [2.24, 2.45) is 0 Å². The second-order valence-corrected chi connectivity index (χ2v) is 6.36. The molecule has 1 aliphatic heterocycles. The number of nitrogens with zero attached hydrogens (tertiary/aromatic N) is 3. The Balaban J connectivity index is 1.64. The van der Waals surface area contributed by atoms with Gasteiger partial charge in [0.1, 0.15) is 0 Å². The molecule has 10 heteroatoms. The number of ether oxygens (including phenoxy) is 1. The minimum absolute atomic E-state index is 0.0551. The van der Waals surface area contributed by atoms with Crippen LogP contribution in [-0.4, -0.2) is 89.7 Å². The van der Waals surface area contributed by atoms with Crippen LogP contribution in [0.3, 0.4) is 0 Å². The van der Waals surface area contributed by atoms with Crippen LogP contribution in [0.2, 0.25) is 0 Å². The number of amides is 1. The van der Waals surface area contributed by atoms with E-state index in [1.807, 2.05) is 0 Å². The zero-order chi connectivity index (χ0) is 20.4. The fourth-order valence-corrected chi connectivity index (χ4v) is 2.82. The van der Waals surface area contributed by atoms with Crippen LogP contribution < -0.4 is 10.1 Å². The van der Waals surface area contributed by atoms with E-state index in [0.717, 1.165) is 38.3 Å². The van der Waals surface area contributed by atoms with E-state index in [2.05, 4.69) is 20.0 Å². The van der Waals surface area contributed by atoms with Crippen molar-refractivity contribution in [2.45, 2.75) is 6.42 Å². The van der Waals surface area contributed by atoms with Gasteiger partial charge in [0.05, 0.1) is 25.8 Å². The molecular formula is C18H28N4O6. The largest absolute Gasteiger partial charge is 0.504 e. The Bertz CT molecular complexity index is 647. The van der Waals surface area contributed by atoms with Gasteiger partial charge in [-0.25, -0.2) is 0 Å². The highest BCUT2D eigenvalue weighted by molar-refractivity contribution is 5.91. The standard InChI is InChI=1S/C18H28N4O6/c1-27-17-13-15(3-5-16(17)23)4-6-18(24)19-14-21-10-8-20(9-11-21)7-2-12-28-22(25)26/h3-6,13,23,25-26H,2,7-12,14H2,1H3,(H,19,24)/b6-4+. The van der Waals surface area contributed by atoms with Crippen LogP contribution in [0.1, 0.15) is 12.0 Å². The molecule has 0 bridgehead atoms. The van der Waals surface area contributed by atoms with Crippen molar-refractivity contribution in [3.8, 4) is 11.5 Å².